The fourth-order valence-electron chi connectivity index (χ4n) is 2.58. The Labute approximate surface area is 142 Å². The molecule has 1 fully saturated rings. The quantitative estimate of drug-likeness (QED) is 0.919. The van der Waals surface area contributed by atoms with Gasteiger partial charge < -0.3 is 10.2 Å². The maximum absolute atomic E-state index is 13.6. The minimum Gasteiger partial charge on any atom is -0.323 e. The molecule has 124 valence electrons. The van der Waals surface area contributed by atoms with Crippen LogP contribution in [-0.4, -0.2) is 18.4 Å². The number of carbonyl (C=O) groups excluding carboxylic acids is 2. The Morgan fingerprint density at radius 2 is 1.88 bits per heavy atom. The molecule has 0 radical (unpaired) electrons. The molecule has 2 aromatic rings. The monoisotopic (exact) mass is 350 g/mol. The number of hydrogen-bond acceptors (Lipinski definition) is 2. The predicted octanol–water partition coefficient (Wildman–Crippen LogP) is 3.61. The highest BCUT2D eigenvalue weighted by Crippen LogP contribution is 2.27. The van der Waals surface area contributed by atoms with Gasteiger partial charge in [0.05, 0.1) is 11.6 Å². The number of nitrogens with zero attached hydrogens (tertiary/aromatic N) is 1. The van der Waals surface area contributed by atoms with Crippen LogP contribution in [0.2, 0.25) is 5.02 Å². The van der Waals surface area contributed by atoms with E-state index in [9.17, 15) is 18.4 Å². The molecule has 3 rings (SSSR count). The van der Waals surface area contributed by atoms with Gasteiger partial charge in [0.15, 0.2) is 0 Å². The number of rotatable bonds is 3. The Morgan fingerprint density at radius 1 is 1.17 bits per heavy atom. The van der Waals surface area contributed by atoms with Crippen molar-refractivity contribution in [2.24, 2.45) is 5.92 Å². The van der Waals surface area contributed by atoms with E-state index >= 15 is 0 Å². The molecule has 24 heavy (non-hydrogen) atoms. The summed E-state index contributed by atoms with van der Waals surface area (Å²) in [4.78, 5) is 25.9. The van der Waals surface area contributed by atoms with Crippen molar-refractivity contribution < 1.29 is 18.4 Å². The second kappa shape index (κ2) is 6.57. The highest BCUT2D eigenvalue weighted by atomic mass is 35.5. The van der Waals surface area contributed by atoms with Gasteiger partial charge in [-0.2, -0.15) is 0 Å². The van der Waals surface area contributed by atoms with Crippen molar-refractivity contribution >= 4 is 34.8 Å². The van der Waals surface area contributed by atoms with E-state index in [1.54, 1.807) is 24.3 Å². The van der Waals surface area contributed by atoms with Crippen LogP contribution in [-0.2, 0) is 9.59 Å². The smallest absolute Gasteiger partial charge is 0.229 e. The molecule has 2 aromatic carbocycles. The molecule has 7 heteroatoms. The molecule has 0 bridgehead atoms. The van der Waals surface area contributed by atoms with E-state index in [2.05, 4.69) is 5.32 Å². The first-order valence-electron chi connectivity index (χ1n) is 7.26. The minimum atomic E-state index is -0.859. The third-order valence-electron chi connectivity index (χ3n) is 3.82. The van der Waals surface area contributed by atoms with Gasteiger partial charge in [0, 0.05) is 29.7 Å². The van der Waals surface area contributed by atoms with Crippen LogP contribution < -0.4 is 10.2 Å². The Kier molecular flexibility index (Phi) is 4.49. The van der Waals surface area contributed by atoms with Crippen molar-refractivity contribution in [3.8, 4) is 0 Å². The summed E-state index contributed by atoms with van der Waals surface area (Å²) in [5, 5.41) is 2.95. The summed E-state index contributed by atoms with van der Waals surface area (Å²) in [7, 11) is 0. The third kappa shape index (κ3) is 3.38. The SMILES string of the molecule is O=C(Nc1ccc(F)cc1F)[C@H]1CC(=O)N(c2ccc(Cl)cc2)C1. The summed E-state index contributed by atoms with van der Waals surface area (Å²) in [5.41, 5.74) is 0.534. The van der Waals surface area contributed by atoms with E-state index in [1.165, 1.54) is 4.90 Å². The molecule has 1 atom stereocenters. The Hall–Kier alpha value is -2.47. The molecule has 1 aliphatic rings. The lowest BCUT2D eigenvalue weighted by Gasteiger charge is -2.17. The minimum absolute atomic E-state index is 0.0251. The van der Waals surface area contributed by atoms with Crippen LogP contribution >= 0.6 is 11.6 Å². The normalized spacial score (nSPS) is 17.2. The average Bonchev–Trinajstić information content (AvgIpc) is 2.93. The van der Waals surface area contributed by atoms with Crippen LogP contribution in [0.5, 0.6) is 0 Å². The van der Waals surface area contributed by atoms with Crippen LogP contribution in [0.25, 0.3) is 0 Å². The largest absolute Gasteiger partial charge is 0.323 e. The topological polar surface area (TPSA) is 49.4 Å². The van der Waals surface area contributed by atoms with Gasteiger partial charge in [-0.3, -0.25) is 9.59 Å². The summed E-state index contributed by atoms with van der Waals surface area (Å²) >= 11 is 5.82. The van der Waals surface area contributed by atoms with Gasteiger partial charge in [-0.1, -0.05) is 11.6 Å². The van der Waals surface area contributed by atoms with E-state index in [-0.39, 0.29) is 24.6 Å². The van der Waals surface area contributed by atoms with Crippen molar-refractivity contribution in [1.29, 1.82) is 0 Å². The predicted molar refractivity (Wildman–Crippen MR) is 86.9 cm³/mol. The van der Waals surface area contributed by atoms with Crippen molar-refractivity contribution in [3.05, 3.63) is 59.1 Å². The number of anilines is 2. The summed E-state index contributed by atoms with van der Waals surface area (Å²) in [6.45, 7) is 0.190. The van der Waals surface area contributed by atoms with Crippen LogP contribution in [0.4, 0.5) is 20.2 Å². The summed E-state index contributed by atoms with van der Waals surface area (Å²) in [6, 6.07) is 9.60. The second-order valence-corrected chi connectivity index (χ2v) is 5.93. The zero-order chi connectivity index (χ0) is 17.3. The van der Waals surface area contributed by atoms with Crippen LogP contribution in [0.3, 0.4) is 0 Å². The Balaban J connectivity index is 1.70. The lowest BCUT2D eigenvalue weighted by atomic mass is 10.1. The number of carbonyl (C=O) groups is 2. The number of amides is 2. The number of nitrogens with one attached hydrogen (secondary N) is 1. The molecule has 0 saturated carbocycles. The first-order chi connectivity index (χ1) is 11.4. The number of benzene rings is 2. The molecule has 4 nitrogen and oxygen atoms in total. The standard InChI is InChI=1S/C17H13ClF2N2O2/c18-11-1-4-13(5-2-11)22-9-10(7-16(22)23)17(24)21-15-6-3-12(19)8-14(15)20/h1-6,8,10H,7,9H2,(H,21,24)/t10-/m0/s1. The average molecular weight is 351 g/mol. The molecule has 1 aliphatic heterocycles. The summed E-state index contributed by atoms with van der Waals surface area (Å²) in [6.07, 6.45) is 0.0251. The maximum Gasteiger partial charge on any atom is 0.229 e. The van der Waals surface area contributed by atoms with Gasteiger partial charge in [0.2, 0.25) is 11.8 Å². The molecule has 0 unspecified atom stereocenters. The van der Waals surface area contributed by atoms with Gasteiger partial charge in [-0.05, 0) is 36.4 Å². The van der Waals surface area contributed by atoms with E-state index in [1.807, 2.05) is 0 Å². The van der Waals surface area contributed by atoms with E-state index in [4.69, 9.17) is 11.6 Å². The lowest BCUT2D eigenvalue weighted by Crippen LogP contribution is -2.28. The van der Waals surface area contributed by atoms with Gasteiger partial charge in [-0.15, -0.1) is 0 Å². The molecule has 1 heterocycles. The number of halogens is 3. The van der Waals surface area contributed by atoms with Gasteiger partial charge in [-0.25, -0.2) is 8.78 Å². The lowest BCUT2D eigenvalue weighted by molar-refractivity contribution is -0.122. The Bertz CT molecular complexity index is 796. The van der Waals surface area contributed by atoms with Gasteiger partial charge in [0.25, 0.3) is 0 Å². The first-order valence-corrected chi connectivity index (χ1v) is 7.63. The molecule has 0 spiro atoms. The maximum atomic E-state index is 13.6. The summed E-state index contributed by atoms with van der Waals surface area (Å²) < 4.78 is 26.5. The third-order valence-corrected chi connectivity index (χ3v) is 4.08. The molecule has 0 aliphatic carbocycles. The van der Waals surface area contributed by atoms with Crippen LogP contribution in [0, 0.1) is 17.6 Å². The first kappa shape index (κ1) is 16.4. The van der Waals surface area contributed by atoms with Gasteiger partial charge in [0.1, 0.15) is 11.6 Å². The highest BCUT2D eigenvalue weighted by molar-refractivity contribution is 6.30. The van der Waals surface area contributed by atoms with E-state index in [0.717, 1.165) is 12.1 Å². The zero-order valence-corrected chi connectivity index (χ0v) is 13.2. The van der Waals surface area contributed by atoms with Crippen LogP contribution in [0.1, 0.15) is 6.42 Å². The van der Waals surface area contributed by atoms with Gasteiger partial charge >= 0.3 is 0 Å². The molecule has 1 saturated heterocycles. The van der Waals surface area contributed by atoms with Crippen molar-refractivity contribution in [3.63, 3.8) is 0 Å². The number of hydrogen-bond donors (Lipinski definition) is 1. The van der Waals surface area contributed by atoms with Crippen molar-refractivity contribution in [1.82, 2.24) is 0 Å². The van der Waals surface area contributed by atoms with E-state index in [0.29, 0.717) is 16.8 Å². The van der Waals surface area contributed by atoms with Crippen molar-refractivity contribution in [2.45, 2.75) is 6.42 Å². The summed E-state index contributed by atoms with van der Waals surface area (Å²) in [5.74, 6) is -2.88. The fourth-order valence-corrected chi connectivity index (χ4v) is 2.71. The highest BCUT2D eigenvalue weighted by Gasteiger charge is 2.35. The second-order valence-electron chi connectivity index (χ2n) is 5.50. The van der Waals surface area contributed by atoms with E-state index < -0.39 is 23.5 Å². The Morgan fingerprint density at radius 3 is 2.54 bits per heavy atom. The van der Waals surface area contributed by atoms with Crippen molar-refractivity contribution in [2.75, 3.05) is 16.8 Å². The molecular formula is C17H13ClF2N2O2. The molecule has 1 N–H and O–H groups in total. The molecule has 0 aromatic heterocycles. The molecular weight excluding hydrogens is 338 g/mol. The van der Waals surface area contributed by atoms with Crippen LogP contribution in [0.15, 0.2) is 42.5 Å². The molecule has 2 amide bonds. The fraction of sp³-hybridized carbons (Fsp3) is 0.176. The zero-order valence-electron chi connectivity index (χ0n) is 12.4.